The summed E-state index contributed by atoms with van der Waals surface area (Å²) in [5, 5.41) is 0. The molecule has 0 radical (unpaired) electrons. The fourth-order valence-corrected chi connectivity index (χ4v) is 5.58. The lowest BCUT2D eigenvalue weighted by Crippen LogP contribution is -2.44. The van der Waals surface area contributed by atoms with Crippen LogP contribution >= 0.6 is 0 Å². The number of aryl methyl sites for hydroxylation is 1. The van der Waals surface area contributed by atoms with E-state index < -0.39 is 0 Å². The second-order valence-corrected chi connectivity index (χ2v) is 12.5. The summed E-state index contributed by atoms with van der Waals surface area (Å²) >= 11 is 0. The number of esters is 1. The van der Waals surface area contributed by atoms with E-state index in [0.717, 1.165) is 49.0 Å². The number of carbonyl (C=O) groups excluding carboxylic acids is 1. The summed E-state index contributed by atoms with van der Waals surface area (Å²) in [5.74, 6) is 0.808. The molecule has 0 aliphatic rings. The van der Waals surface area contributed by atoms with Gasteiger partial charge in [0.05, 0.1) is 33.9 Å². The molecular formula is C37H60NO3+. The first-order chi connectivity index (χ1) is 19.9. The molecule has 2 aromatic carbocycles. The highest BCUT2D eigenvalue weighted by atomic mass is 16.5. The van der Waals surface area contributed by atoms with Crippen LogP contribution in [0.4, 0.5) is 0 Å². The van der Waals surface area contributed by atoms with E-state index in [4.69, 9.17) is 9.47 Å². The van der Waals surface area contributed by atoms with Gasteiger partial charge in [-0.05, 0) is 49.8 Å². The Morgan fingerprint density at radius 3 is 1.98 bits per heavy atom. The highest BCUT2D eigenvalue weighted by molar-refractivity contribution is 5.72. The number of hydrogen-bond donors (Lipinski definition) is 0. The van der Waals surface area contributed by atoms with Crippen LogP contribution in [-0.2, 0) is 22.5 Å². The Kier molecular flexibility index (Phi) is 18.2. The van der Waals surface area contributed by atoms with Crippen LogP contribution in [0, 0.1) is 5.92 Å². The molecule has 1 unspecified atom stereocenters. The molecule has 41 heavy (non-hydrogen) atoms. The Bertz CT molecular complexity index is 927. The topological polar surface area (TPSA) is 35.5 Å². The third-order valence-electron chi connectivity index (χ3n) is 8.01. The maximum atomic E-state index is 12.8. The van der Waals surface area contributed by atoms with E-state index >= 15 is 0 Å². The highest BCUT2D eigenvalue weighted by Gasteiger charge is 2.27. The predicted octanol–water partition coefficient (Wildman–Crippen LogP) is 9.55. The maximum Gasteiger partial charge on any atom is 0.314 e. The zero-order chi connectivity index (χ0) is 29.6. The summed E-state index contributed by atoms with van der Waals surface area (Å²) in [6.45, 7) is 7.16. The van der Waals surface area contributed by atoms with Gasteiger partial charge in [0, 0.05) is 5.56 Å². The van der Waals surface area contributed by atoms with Crippen LogP contribution in [-0.4, -0.2) is 44.3 Å². The fourth-order valence-electron chi connectivity index (χ4n) is 5.58. The van der Waals surface area contributed by atoms with Crippen LogP contribution in [0.25, 0.3) is 0 Å². The van der Waals surface area contributed by atoms with Gasteiger partial charge in [-0.25, -0.2) is 0 Å². The molecule has 0 bridgehead atoms. The average Bonchev–Trinajstić information content (AvgIpc) is 2.97. The van der Waals surface area contributed by atoms with Crippen LogP contribution < -0.4 is 4.74 Å². The number of carbonyl (C=O) groups is 1. The molecule has 0 aliphatic heterocycles. The highest BCUT2D eigenvalue weighted by Crippen LogP contribution is 2.18. The zero-order valence-corrected chi connectivity index (χ0v) is 26.9. The van der Waals surface area contributed by atoms with Gasteiger partial charge in [-0.3, -0.25) is 4.79 Å². The van der Waals surface area contributed by atoms with Crippen LogP contribution in [0.2, 0.25) is 0 Å². The maximum absolute atomic E-state index is 12.8. The largest absolute Gasteiger partial charge is 0.494 e. The third kappa shape index (κ3) is 16.6. The SMILES string of the molecule is CCCCCCCCCCCCCc1cccc(OCCCCOC(=O)C(CC)C[N+](C)(C)Cc2ccccc2)c1. The van der Waals surface area contributed by atoms with E-state index in [1.807, 2.05) is 12.1 Å². The van der Waals surface area contributed by atoms with E-state index in [1.54, 1.807) is 0 Å². The number of ether oxygens (including phenoxy) is 2. The van der Waals surface area contributed by atoms with Crippen molar-refractivity contribution >= 4 is 5.97 Å². The van der Waals surface area contributed by atoms with Crippen molar-refractivity contribution in [3.05, 3.63) is 65.7 Å². The lowest BCUT2D eigenvalue weighted by Gasteiger charge is -2.32. The molecule has 0 N–H and O–H groups in total. The summed E-state index contributed by atoms with van der Waals surface area (Å²) in [6.07, 6.45) is 18.8. The van der Waals surface area contributed by atoms with Crippen molar-refractivity contribution in [3.63, 3.8) is 0 Å². The molecule has 4 heteroatoms. The molecule has 0 heterocycles. The summed E-state index contributed by atoms with van der Waals surface area (Å²) < 4.78 is 12.4. The van der Waals surface area contributed by atoms with Crippen LogP contribution in [0.15, 0.2) is 54.6 Å². The van der Waals surface area contributed by atoms with Crippen molar-refractivity contribution in [2.24, 2.45) is 5.92 Å². The van der Waals surface area contributed by atoms with E-state index in [-0.39, 0.29) is 11.9 Å². The Labute approximate surface area is 252 Å². The number of hydrogen-bond acceptors (Lipinski definition) is 3. The molecule has 0 aromatic heterocycles. The molecule has 0 saturated carbocycles. The molecule has 2 aromatic rings. The Morgan fingerprint density at radius 1 is 0.707 bits per heavy atom. The van der Waals surface area contributed by atoms with E-state index in [0.29, 0.717) is 13.2 Å². The van der Waals surface area contributed by atoms with Gasteiger partial charge in [0.25, 0.3) is 0 Å². The van der Waals surface area contributed by atoms with Crippen LogP contribution in [0.5, 0.6) is 5.75 Å². The predicted molar refractivity (Wildman–Crippen MR) is 173 cm³/mol. The molecule has 2 rings (SSSR count). The zero-order valence-electron chi connectivity index (χ0n) is 26.9. The molecule has 0 saturated heterocycles. The van der Waals surface area contributed by atoms with Gasteiger partial charge in [-0.15, -0.1) is 0 Å². The Hall–Kier alpha value is -2.33. The summed E-state index contributed by atoms with van der Waals surface area (Å²) in [4.78, 5) is 12.8. The number of rotatable bonds is 24. The van der Waals surface area contributed by atoms with Crippen molar-refractivity contribution in [3.8, 4) is 5.75 Å². The number of nitrogens with zero attached hydrogens (tertiary/aromatic N) is 1. The number of quaternary nitrogens is 1. The molecule has 0 amide bonds. The Balaban J connectivity index is 1.54. The third-order valence-corrected chi connectivity index (χ3v) is 8.01. The molecule has 230 valence electrons. The fraction of sp³-hybridized carbons (Fsp3) is 0.649. The number of unbranched alkanes of at least 4 members (excludes halogenated alkanes) is 11. The lowest BCUT2D eigenvalue weighted by atomic mass is 10.0. The first-order valence-corrected chi connectivity index (χ1v) is 16.7. The minimum absolute atomic E-state index is 0.0669. The first-order valence-electron chi connectivity index (χ1n) is 16.7. The molecule has 1 atom stereocenters. The first kappa shape index (κ1) is 34.9. The molecule has 0 spiro atoms. The molecule has 0 aliphatic carbocycles. The minimum atomic E-state index is -0.0759. The van der Waals surface area contributed by atoms with E-state index in [1.165, 1.54) is 81.8 Å². The van der Waals surface area contributed by atoms with E-state index in [2.05, 4.69) is 70.4 Å². The lowest BCUT2D eigenvalue weighted by molar-refractivity contribution is -0.906. The van der Waals surface area contributed by atoms with Gasteiger partial charge < -0.3 is 14.0 Å². The monoisotopic (exact) mass is 566 g/mol. The van der Waals surface area contributed by atoms with Crippen LogP contribution in [0.3, 0.4) is 0 Å². The van der Waals surface area contributed by atoms with Gasteiger partial charge in [0.15, 0.2) is 0 Å². The minimum Gasteiger partial charge on any atom is -0.494 e. The van der Waals surface area contributed by atoms with Crippen molar-refractivity contribution in [2.75, 3.05) is 33.9 Å². The van der Waals surface area contributed by atoms with Gasteiger partial charge in [0.2, 0.25) is 0 Å². The van der Waals surface area contributed by atoms with Crippen molar-refractivity contribution in [1.82, 2.24) is 0 Å². The number of benzene rings is 2. The van der Waals surface area contributed by atoms with Gasteiger partial charge in [0.1, 0.15) is 18.2 Å². The summed E-state index contributed by atoms with van der Waals surface area (Å²) in [6, 6.07) is 19.0. The van der Waals surface area contributed by atoms with Crippen molar-refractivity contribution in [1.29, 1.82) is 0 Å². The van der Waals surface area contributed by atoms with Crippen molar-refractivity contribution in [2.45, 2.75) is 117 Å². The van der Waals surface area contributed by atoms with Gasteiger partial charge in [-0.2, -0.15) is 0 Å². The smallest absolute Gasteiger partial charge is 0.314 e. The normalized spacial score (nSPS) is 12.3. The standard InChI is InChI=1S/C37H60NO3/c1-5-7-8-9-10-11-12-13-14-15-17-23-33-26-22-27-36(30-33)40-28-20-21-29-41-37(39)35(6-2)32-38(3,4)31-34-24-18-16-19-25-34/h16,18-19,22,24-27,30,35H,5-15,17,20-21,23,28-29,31-32H2,1-4H3/q+1. The second kappa shape index (κ2) is 21.4. The van der Waals surface area contributed by atoms with Gasteiger partial charge in [-0.1, -0.05) is 121 Å². The molecule has 0 fully saturated rings. The van der Waals surface area contributed by atoms with Crippen LogP contribution in [0.1, 0.15) is 115 Å². The molecular weight excluding hydrogens is 506 g/mol. The summed E-state index contributed by atoms with van der Waals surface area (Å²) in [5.41, 5.74) is 2.66. The average molecular weight is 567 g/mol. The van der Waals surface area contributed by atoms with Gasteiger partial charge >= 0.3 is 5.97 Å². The molecule has 4 nitrogen and oxygen atoms in total. The second-order valence-electron chi connectivity index (χ2n) is 12.5. The Morgan fingerprint density at radius 2 is 1.32 bits per heavy atom. The quantitative estimate of drug-likeness (QED) is 0.0721. The summed E-state index contributed by atoms with van der Waals surface area (Å²) in [7, 11) is 4.38. The van der Waals surface area contributed by atoms with Crippen molar-refractivity contribution < 1.29 is 18.8 Å². The van der Waals surface area contributed by atoms with E-state index in [9.17, 15) is 4.79 Å².